The molecule has 1 aromatic carbocycles. The lowest BCUT2D eigenvalue weighted by Crippen LogP contribution is -2.28. The lowest BCUT2D eigenvalue weighted by Gasteiger charge is -2.08. The molecule has 0 fully saturated rings. The smallest absolute Gasteiger partial charge is 0.310 e. The minimum atomic E-state index is -1.42. The van der Waals surface area contributed by atoms with Crippen molar-refractivity contribution in [2.24, 2.45) is 0 Å². The second-order valence-electron chi connectivity index (χ2n) is 4.88. The van der Waals surface area contributed by atoms with Gasteiger partial charge in [0.2, 0.25) is 17.7 Å². The van der Waals surface area contributed by atoms with Crippen LogP contribution in [-0.4, -0.2) is 29.6 Å². The van der Waals surface area contributed by atoms with Gasteiger partial charge >= 0.3 is 11.9 Å². The van der Waals surface area contributed by atoms with Gasteiger partial charge in [0, 0.05) is 24.0 Å². The highest BCUT2D eigenvalue weighted by molar-refractivity contribution is 6.29. The first-order chi connectivity index (χ1) is 10.5. The van der Waals surface area contributed by atoms with Crippen molar-refractivity contribution in [3.8, 4) is 5.75 Å². The molecule has 0 bridgehead atoms. The average Bonchev–Trinajstić information content (AvgIpc) is 2.72. The molecular weight excluding hydrogens is 288 g/mol. The third kappa shape index (κ3) is 3.05. The lowest BCUT2D eigenvalue weighted by atomic mass is 10.1. The van der Waals surface area contributed by atoms with Crippen LogP contribution in [0.1, 0.15) is 53.8 Å². The van der Waals surface area contributed by atoms with E-state index < -0.39 is 29.6 Å². The van der Waals surface area contributed by atoms with Gasteiger partial charge in [0.05, 0.1) is 0 Å². The maximum Gasteiger partial charge on any atom is 0.310 e. The van der Waals surface area contributed by atoms with Crippen LogP contribution in [0.15, 0.2) is 18.2 Å². The van der Waals surface area contributed by atoms with Gasteiger partial charge < -0.3 is 9.47 Å². The SMILES string of the molecule is CCCC(=O)OC1C(=O)c2ccc(OC(=O)CC)cc2C1=O. The highest BCUT2D eigenvalue weighted by Gasteiger charge is 2.41. The first kappa shape index (κ1) is 15.9. The zero-order chi connectivity index (χ0) is 16.3. The normalized spacial score (nSPS) is 16.4. The Hall–Kier alpha value is -2.50. The fraction of sp³-hybridized carbons (Fsp3) is 0.375. The molecule has 0 saturated heterocycles. The number of fused-ring (bicyclic) bond motifs is 1. The Morgan fingerprint density at radius 2 is 1.73 bits per heavy atom. The van der Waals surface area contributed by atoms with Crippen molar-refractivity contribution in [3.05, 3.63) is 29.3 Å². The largest absolute Gasteiger partial charge is 0.445 e. The van der Waals surface area contributed by atoms with Gasteiger partial charge in [-0.2, -0.15) is 0 Å². The van der Waals surface area contributed by atoms with E-state index in [1.165, 1.54) is 18.2 Å². The molecule has 22 heavy (non-hydrogen) atoms. The number of carbonyl (C=O) groups excluding carboxylic acids is 4. The molecule has 0 amide bonds. The average molecular weight is 304 g/mol. The number of benzene rings is 1. The van der Waals surface area contributed by atoms with E-state index in [1.807, 2.05) is 0 Å². The molecule has 0 spiro atoms. The van der Waals surface area contributed by atoms with Gasteiger partial charge in [-0.3, -0.25) is 19.2 Å². The number of ether oxygens (including phenoxy) is 2. The number of Topliss-reactive ketones (excluding diaryl/α,β-unsaturated/α-hetero) is 2. The molecule has 0 saturated carbocycles. The molecule has 1 aliphatic carbocycles. The maximum atomic E-state index is 12.2. The Balaban J connectivity index is 2.22. The van der Waals surface area contributed by atoms with E-state index >= 15 is 0 Å². The molecular formula is C16H16O6. The van der Waals surface area contributed by atoms with Crippen LogP contribution in [0, 0.1) is 0 Å². The van der Waals surface area contributed by atoms with Crippen molar-refractivity contribution in [1.29, 1.82) is 0 Å². The number of esters is 2. The maximum absolute atomic E-state index is 12.2. The molecule has 0 heterocycles. The van der Waals surface area contributed by atoms with E-state index in [9.17, 15) is 19.2 Å². The van der Waals surface area contributed by atoms with E-state index in [4.69, 9.17) is 9.47 Å². The molecule has 0 aromatic heterocycles. The van der Waals surface area contributed by atoms with Crippen molar-refractivity contribution >= 4 is 23.5 Å². The Kier molecular flexibility index (Phi) is 4.70. The fourth-order valence-electron chi connectivity index (χ4n) is 2.11. The van der Waals surface area contributed by atoms with Crippen LogP contribution in [0.25, 0.3) is 0 Å². The molecule has 0 N–H and O–H groups in total. The van der Waals surface area contributed by atoms with Crippen molar-refractivity contribution in [3.63, 3.8) is 0 Å². The van der Waals surface area contributed by atoms with Gasteiger partial charge in [-0.25, -0.2) is 0 Å². The molecule has 2 rings (SSSR count). The van der Waals surface area contributed by atoms with E-state index in [2.05, 4.69) is 0 Å². The molecule has 1 aromatic rings. The van der Waals surface area contributed by atoms with Crippen LogP contribution < -0.4 is 4.74 Å². The monoisotopic (exact) mass is 304 g/mol. The predicted molar refractivity (Wildman–Crippen MR) is 75.8 cm³/mol. The summed E-state index contributed by atoms with van der Waals surface area (Å²) in [6.07, 6.45) is -0.516. The topological polar surface area (TPSA) is 86.7 Å². The summed E-state index contributed by atoms with van der Waals surface area (Å²) < 4.78 is 9.97. The van der Waals surface area contributed by atoms with Crippen molar-refractivity contribution in [1.82, 2.24) is 0 Å². The van der Waals surface area contributed by atoms with Crippen molar-refractivity contribution in [2.45, 2.75) is 39.2 Å². The summed E-state index contributed by atoms with van der Waals surface area (Å²) >= 11 is 0. The van der Waals surface area contributed by atoms with Crippen molar-refractivity contribution in [2.75, 3.05) is 0 Å². The molecule has 1 atom stereocenters. The van der Waals surface area contributed by atoms with E-state index in [0.29, 0.717) is 6.42 Å². The van der Waals surface area contributed by atoms with Crippen molar-refractivity contribution < 1.29 is 28.7 Å². The molecule has 1 unspecified atom stereocenters. The Morgan fingerprint density at radius 1 is 1.05 bits per heavy atom. The van der Waals surface area contributed by atoms with Gasteiger partial charge in [0.15, 0.2) is 0 Å². The summed E-state index contributed by atoms with van der Waals surface area (Å²) in [5.74, 6) is -1.97. The van der Waals surface area contributed by atoms with Crippen LogP contribution >= 0.6 is 0 Å². The van der Waals surface area contributed by atoms with Gasteiger partial charge in [0.1, 0.15) is 5.75 Å². The summed E-state index contributed by atoms with van der Waals surface area (Å²) in [6, 6.07) is 4.17. The van der Waals surface area contributed by atoms with Crippen LogP contribution in [0.2, 0.25) is 0 Å². The third-order valence-electron chi connectivity index (χ3n) is 3.22. The quantitative estimate of drug-likeness (QED) is 0.470. The standard InChI is InChI=1S/C16H16O6/c1-3-5-13(18)22-16-14(19)10-7-6-9(21-12(17)4-2)8-11(10)15(16)20/h6-8,16H,3-5H2,1-2H3. The summed E-state index contributed by atoms with van der Waals surface area (Å²) in [6.45, 7) is 3.44. The van der Waals surface area contributed by atoms with Gasteiger partial charge in [-0.05, 0) is 24.6 Å². The first-order valence-corrected chi connectivity index (χ1v) is 7.10. The highest BCUT2D eigenvalue weighted by Crippen LogP contribution is 2.28. The van der Waals surface area contributed by atoms with E-state index in [-0.39, 0.29) is 29.7 Å². The summed E-state index contributed by atoms with van der Waals surface area (Å²) in [5, 5.41) is 0. The number of ketones is 2. The molecule has 0 aliphatic heterocycles. The highest BCUT2D eigenvalue weighted by atomic mass is 16.6. The summed E-state index contributed by atoms with van der Waals surface area (Å²) in [4.78, 5) is 47.1. The minimum Gasteiger partial charge on any atom is -0.445 e. The summed E-state index contributed by atoms with van der Waals surface area (Å²) in [7, 11) is 0. The molecule has 6 nitrogen and oxygen atoms in total. The molecule has 1 aliphatic rings. The van der Waals surface area contributed by atoms with Crippen LogP contribution in [0.5, 0.6) is 5.75 Å². The summed E-state index contributed by atoms with van der Waals surface area (Å²) in [5.41, 5.74) is 0.288. The second-order valence-corrected chi connectivity index (χ2v) is 4.88. The number of hydrogen-bond acceptors (Lipinski definition) is 6. The Morgan fingerprint density at radius 3 is 2.36 bits per heavy atom. The second kappa shape index (κ2) is 6.51. The fourth-order valence-corrected chi connectivity index (χ4v) is 2.11. The van der Waals surface area contributed by atoms with Crippen LogP contribution in [-0.2, 0) is 14.3 Å². The van der Waals surface area contributed by atoms with Crippen LogP contribution in [0.4, 0.5) is 0 Å². The lowest BCUT2D eigenvalue weighted by molar-refractivity contribution is -0.145. The van der Waals surface area contributed by atoms with Gasteiger partial charge in [-0.1, -0.05) is 13.8 Å². The minimum absolute atomic E-state index is 0.112. The number of rotatable bonds is 5. The third-order valence-corrected chi connectivity index (χ3v) is 3.22. The number of carbonyl (C=O) groups is 4. The number of hydrogen-bond donors (Lipinski definition) is 0. The molecule has 0 radical (unpaired) electrons. The van der Waals surface area contributed by atoms with Gasteiger partial charge in [0.25, 0.3) is 0 Å². The molecule has 6 heteroatoms. The zero-order valence-corrected chi connectivity index (χ0v) is 12.4. The van der Waals surface area contributed by atoms with Crippen LogP contribution in [0.3, 0.4) is 0 Å². The zero-order valence-electron chi connectivity index (χ0n) is 12.4. The Bertz CT molecular complexity index is 646. The predicted octanol–water partition coefficient (Wildman–Crippen LogP) is 2.09. The Labute approximate surface area is 127 Å². The molecule has 116 valence electrons. The first-order valence-electron chi connectivity index (χ1n) is 7.10. The van der Waals surface area contributed by atoms with E-state index in [1.54, 1.807) is 13.8 Å². The van der Waals surface area contributed by atoms with Gasteiger partial charge in [-0.15, -0.1) is 0 Å². The van der Waals surface area contributed by atoms with E-state index in [0.717, 1.165) is 0 Å².